The van der Waals surface area contributed by atoms with Crippen molar-refractivity contribution in [2.24, 2.45) is 7.05 Å². The number of amides is 1. The summed E-state index contributed by atoms with van der Waals surface area (Å²) in [4.78, 5) is 26.2. The Balaban J connectivity index is 1.82. The van der Waals surface area contributed by atoms with E-state index in [9.17, 15) is 9.59 Å². The van der Waals surface area contributed by atoms with Crippen LogP contribution in [0, 0.1) is 0 Å². The second-order valence-electron chi connectivity index (χ2n) is 5.33. The summed E-state index contributed by atoms with van der Waals surface area (Å²) in [7, 11) is 1.73. The maximum atomic E-state index is 12.6. The lowest BCUT2D eigenvalue weighted by atomic mass is 10.2. The topological polar surface area (TPSA) is 51.5 Å². The molecule has 0 bridgehead atoms. The quantitative estimate of drug-likeness (QED) is 0.814. The van der Waals surface area contributed by atoms with Gasteiger partial charge in [-0.05, 0) is 18.6 Å². The zero-order valence-electron chi connectivity index (χ0n) is 12.7. The fraction of sp³-hybridized carbons (Fsp3) is 0.294. The highest BCUT2D eigenvalue weighted by Crippen LogP contribution is 2.27. The largest absolute Gasteiger partial charge is 0.461 e. The van der Waals surface area contributed by atoms with Gasteiger partial charge in [-0.3, -0.25) is 4.79 Å². The first-order valence-corrected chi connectivity index (χ1v) is 7.30. The molecule has 0 spiro atoms. The minimum Gasteiger partial charge on any atom is -0.461 e. The average molecular weight is 298 g/mol. The van der Waals surface area contributed by atoms with Gasteiger partial charge < -0.3 is 14.2 Å². The second kappa shape index (κ2) is 5.67. The van der Waals surface area contributed by atoms with Gasteiger partial charge in [0, 0.05) is 25.7 Å². The Kier molecular flexibility index (Phi) is 3.71. The van der Waals surface area contributed by atoms with Crippen molar-refractivity contribution in [2.75, 3.05) is 6.61 Å². The van der Waals surface area contributed by atoms with E-state index in [-0.39, 0.29) is 11.9 Å². The molecular weight excluding hydrogens is 280 g/mol. The highest BCUT2D eigenvalue weighted by molar-refractivity contribution is 6.00. The summed E-state index contributed by atoms with van der Waals surface area (Å²) in [6.07, 6.45) is 0. The third-order valence-electron chi connectivity index (χ3n) is 3.86. The second-order valence-corrected chi connectivity index (χ2v) is 5.33. The van der Waals surface area contributed by atoms with Crippen LogP contribution >= 0.6 is 0 Å². The molecule has 0 fully saturated rings. The highest BCUT2D eigenvalue weighted by Gasteiger charge is 2.33. The van der Waals surface area contributed by atoms with Crippen molar-refractivity contribution in [3.8, 4) is 0 Å². The summed E-state index contributed by atoms with van der Waals surface area (Å²) in [6.45, 7) is 3.18. The zero-order chi connectivity index (χ0) is 15.7. The highest BCUT2D eigenvalue weighted by atomic mass is 16.5. The predicted octanol–water partition coefficient (Wildman–Crippen LogP) is 2.36. The first-order chi connectivity index (χ1) is 10.6. The normalized spacial score (nSPS) is 13.4. The first kappa shape index (κ1) is 14.4. The minimum atomic E-state index is -0.387. The van der Waals surface area contributed by atoms with E-state index in [2.05, 4.69) is 0 Å². The summed E-state index contributed by atoms with van der Waals surface area (Å²) in [5, 5.41) is 0. The van der Waals surface area contributed by atoms with Gasteiger partial charge >= 0.3 is 5.97 Å². The van der Waals surface area contributed by atoms with Crippen LogP contribution in [0.4, 0.5) is 0 Å². The first-order valence-electron chi connectivity index (χ1n) is 7.30. The molecule has 0 N–H and O–H groups in total. The van der Waals surface area contributed by atoms with Gasteiger partial charge in [-0.2, -0.15) is 0 Å². The summed E-state index contributed by atoms with van der Waals surface area (Å²) in [5.74, 6) is -0.432. The Morgan fingerprint density at radius 3 is 2.64 bits per heavy atom. The van der Waals surface area contributed by atoms with Crippen LogP contribution in [-0.4, -0.2) is 28.0 Å². The molecule has 1 aliphatic heterocycles. The van der Waals surface area contributed by atoms with Gasteiger partial charge in [-0.15, -0.1) is 0 Å². The number of ether oxygens (including phenoxy) is 1. The Hall–Kier alpha value is -2.56. The van der Waals surface area contributed by atoms with Crippen molar-refractivity contribution in [3.05, 3.63) is 58.9 Å². The van der Waals surface area contributed by atoms with E-state index in [1.807, 2.05) is 30.3 Å². The van der Waals surface area contributed by atoms with E-state index < -0.39 is 0 Å². The van der Waals surface area contributed by atoms with Gasteiger partial charge in [0.1, 0.15) is 11.4 Å². The number of rotatable bonds is 4. The number of aromatic nitrogens is 1. The van der Waals surface area contributed by atoms with E-state index >= 15 is 0 Å². The van der Waals surface area contributed by atoms with Gasteiger partial charge in [0.15, 0.2) is 0 Å². The molecule has 22 heavy (non-hydrogen) atoms. The lowest BCUT2D eigenvalue weighted by Crippen LogP contribution is -2.25. The summed E-state index contributed by atoms with van der Waals surface area (Å²) in [5.41, 5.74) is 2.99. The number of carbonyl (C=O) groups is 2. The molecule has 0 atom stereocenters. The van der Waals surface area contributed by atoms with Gasteiger partial charge in [0.05, 0.1) is 6.61 Å². The molecule has 0 unspecified atom stereocenters. The minimum absolute atomic E-state index is 0.0445. The smallest absolute Gasteiger partial charge is 0.354 e. The average Bonchev–Trinajstić information content (AvgIpc) is 2.99. The Morgan fingerprint density at radius 1 is 1.27 bits per heavy atom. The summed E-state index contributed by atoms with van der Waals surface area (Å²) < 4.78 is 6.66. The standard InChI is InChI=1S/C17H18N2O3/c1-3-22-17(21)14-9-13-11-19(16(20)15(13)18(14)2)10-12-7-5-4-6-8-12/h4-9H,3,10-11H2,1-2H3. The monoisotopic (exact) mass is 298 g/mol. The number of esters is 1. The van der Waals surface area contributed by atoms with Crippen molar-refractivity contribution < 1.29 is 14.3 Å². The molecule has 2 aromatic rings. The van der Waals surface area contributed by atoms with Crippen LogP contribution in [-0.2, 0) is 24.9 Å². The van der Waals surface area contributed by atoms with E-state index in [0.29, 0.717) is 31.1 Å². The molecule has 5 heteroatoms. The van der Waals surface area contributed by atoms with Crippen LogP contribution in [0.25, 0.3) is 0 Å². The number of fused-ring (bicyclic) bond motifs is 1. The molecule has 2 heterocycles. The molecular formula is C17H18N2O3. The van der Waals surface area contributed by atoms with Crippen LogP contribution in [0.1, 0.15) is 39.0 Å². The van der Waals surface area contributed by atoms with Gasteiger partial charge in [0.25, 0.3) is 5.91 Å². The van der Waals surface area contributed by atoms with Gasteiger partial charge in [0.2, 0.25) is 0 Å². The fourth-order valence-corrected chi connectivity index (χ4v) is 2.83. The molecule has 0 saturated carbocycles. The van der Waals surface area contributed by atoms with Crippen molar-refractivity contribution in [1.82, 2.24) is 9.47 Å². The lowest BCUT2D eigenvalue weighted by Gasteiger charge is -2.16. The number of hydrogen-bond acceptors (Lipinski definition) is 3. The molecule has 1 aliphatic rings. The van der Waals surface area contributed by atoms with E-state index in [4.69, 9.17) is 4.74 Å². The van der Waals surface area contributed by atoms with Crippen molar-refractivity contribution in [2.45, 2.75) is 20.0 Å². The molecule has 3 rings (SSSR count). The maximum Gasteiger partial charge on any atom is 0.354 e. The molecule has 0 saturated heterocycles. The molecule has 1 aromatic carbocycles. The summed E-state index contributed by atoms with van der Waals surface area (Å²) >= 11 is 0. The number of hydrogen-bond donors (Lipinski definition) is 0. The van der Waals surface area contributed by atoms with E-state index in [1.54, 1.807) is 29.5 Å². The molecule has 114 valence electrons. The molecule has 1 aromatic heterocycles. The third-order valence-corrected chi connectivity index (χ3v) is 3.86. The van der Waals surface area contributed by atoms with Crippen molar-refractivity contribution >= 4 is 11.9 Å². The third kappa shape index (κ3) is 2.39. The van der Waals surface area contributed by atoms with Crippen LogP contribution in [0.15, 0.2) is 36.4 Å². The van der Waals surface area contributed by atoms with Crippen LogP contribution in [0.3, 0.4) is 0 Å². The van der Waals surface area contributed by atoms with E-state index in [0.717, 1.165) is 11.1 Å². The van der Waals surface area contributed by atoms with Crippen LogP contribution < -0.4 is 0 Å². The molecule has 1 amide bonds. The number of nitrogens with zero attached hydrogens (tertiary/aromatic N) is 2. The Morgan fingerprint density at radius 2 is 2.00 bits per heavy atom. The van der Waals surface area contributed by atoms with Gasteiger partial charge in [-0.25, -0.2) is 4.79 Å². The Labute approximate surface area is 129 Å². The molecule has 0 radical (unpaired) electrons. The fourth-order valence-electron chi connectivity index (χ4n) is 2.83. The van der Waals surface area contributed by atoms with Crippen molar-refractivity contribution in [1.29, 1.82) is 0 Å². The van der Waals surface area contributed by atoms with E-state index in [1.165, 1.54) is 0 Å². The zero-order valence-corrected chi connectivity index (χ0v) is 12.7. The van der Waals surface area contributed by atoms with Crippen LogP contribution in [0.2, 0.25) is 0 Å². The maximum absolute atomic E-state index is 12.6. The Bertz CT molecular complexity index is 719. The number of benzene rings is 1. The SMILES string of the molecule is CCOC(=O)c1cc2c(n1C)C(=O)N(Cc1ccccc1)C2. The molecule has 5 nitrogen and oxygen atoms in total. The van der Waals surface area contributed by atoms with Crippen molar-refractivity contribution in [3.63, 3.8) is 0 Å². The number of carbonyl (C=O) groups excluding carboxylic acids is 2. The summed E-state index contributed by atoms with van der Waals surface area (Å²) in [6, 6.07) is 11.6. The predicted molar refractivity (Wildman–Crippen MR) is 81.4 cm³/mol. The molecule has 0 aliphatic carbocycles. The van der Waals surface area contributed by atoms with Gasteiger partial charge in [-0.1, -0.05) is 30.3 Å². The van der Waals surface area contributed by atoms with Crippen LogP contribution in [0.5, 0.6) is 0 Å². The lowest BCUT2D eigenvalue weighted by molar-refractivity contribution is 0.0514.